The van der Waals surface area contributed by atoms with Gasteiger partial charge in [-0.15, -0.1) is 17.5 Å². The Bertz CT molecular complexity index is 1220. The van der Waals surface area contributed by atoms with Crippen molar-refractivity contribution in [1.82, 2.24) is 0 Å². The molecule has 3 heteroatoms. The van der Waals surface area contributed by atoms with Crippen molar-refractivity contribution in [3.05, 3.63) is 132 Å². The summed E-state index contributed by atoms with van der Waals surface area (Å²) in [6.45, 7) is 4.17. The molecule has 0 saturated carbocycles. The number of halogens is 2. The first-order valence-corrected chi connectivity index (χ1v) is 12.4. The zero-order valence-corrected chi connectivity index (χ0v) is 23.6. The van der Waals surface area contributed by atoms with Gasteiger partial charge in [-0.1, -0.05) is 95.6 Å². The topological polar surface area (TPSA) is 0 Å². The van der Waals surface area contributed by atoms with E-state index in [9.17, 15) is 0 Å². The van der Waals surface area contributed by atoms with Crippen LogP contribution in [-0.2, 0) is 26.4 Å². The molecule has 0 nitrogen and oxygen atoms in total. The average molecular weight is 543 g/mol. The fourth-order valence-corrected chi connectivity index (χ4v) is 4.03. The van der Waals surface area contributed by atoms with Gasteiger partial charge in [-0.2, -0.15) is 29.8 Å². The monoisotopic (exact) mass is 542 g/mol. The third-order valence-electron chi connectivity index (χ3n) is 5.59. The zero-order valence-electron chi connectivity index (χ0n) is 20.6. The second-order valence-corrected chi connectivity index (χ2v) is 10.1. The number of rotatable bonds is 2. The molecule has 0 aromatic heterocycles. The van der Waals surface area contributed by atoms with Crippen molar-refractivity contribution in [3.8, 4) is 33.4 Å². The van der Waals surface area contributed by atoms with Crippen LogP contribution in [0.3, 0.4) is 0 Å². The van der Waals surface area contributed by atoms with E-state index < -0.39 is 0 Å². The summed E-state index contributed by atoms with van der Waals surface area (Å²) >= 11 is 2.08. The smallest absolute Gasteiger partial charge is 0.0184 e. The van der Waals surface area contributed by atoms with Crippen molar-refractivity contribution < 1.29 is 44.8 Å². The van der Waals surface area contributed by atoms with Crippen LogP contribution in [0.5, 0.6) is 0 Å². The molecule has 0 unspecified atom stereocenters. The molecule has 0 atom stereocenters. The quantitative estimate of drug-likeness (QED) is 0.237. The van der Waals surface area contributed by atoms with Crippen molar-refractivity contribution in [2.24, 2.45) is 0 Å². The second-order valence-electron chi connectivity index (χ2n) is 8.56. The van der Waals surface area contributed by atoms with Crippen molar-refractivity contribution >= 4 is 3.81 Å². The van der Waals surface area contributed by atoms with Crippen LogP contribution in [0, 0.1) is 12.1 Å². The molecule has 0 fully saturated rings. The number of allylic oxidation sites excluding steroid dienone is 4. The Balaban J connectivity index is 0.000000357. The minimum atomic E-state index is 0. The van der Waals surface area contributed by atoms with E-state index in [0.29, 0.717) is 0 Å². The maximum absolute atomic E-state index is 3.52. The summed E-state index contributed by atoms with van der Waals surface area (Å²) in [7, 11) is 0. The van der Waals surface area contributed by atoms with Gasteiger partial charge in [-0.3, -0.25) is 6.08 Å². The Morgan fingerprint density at radius 2 is 1.31 bits per heavy atom. The van der Waals surface area contributed by atoms with Gasteiger partial charge in [0.1, 0.15) is 0 Å². The molecular weight excluding hydrogens is 515 g/mol. The molecule has 4 aromatic carbocycles. The molecule has 0 amide bonds. The number of fused-ring (bicyclic) bond motifs is 3. The molecule has 4 aromatic rings. The molecule has 0 aliphatic heterocycles. The van der Waals surface area contributed by atoms with E-state index >= 15 is 0 Å². The van der Waals surface area contributed by atoms with Crippen LogP contribution >= 0.6 is 0 Å². The largest absolute Gasteiger partial charge is 1.00 e. The van der Waals surface area contributed by atoms with Crippen LogP contribution in [0.15, 0.2) is 109 Å². The normalized spacial score (nSPS) is 11.4. The summed E-state index contributed by atoms with van der Waals surface area (Å²) in [6, 6.07) is 35.9. The first kappa shape index (κ1) is 29.8. The van der Waals surface area contributed by atoms with Crippen LogP contribution in [0.1, 0.15) is 31.4 Å². The van der Waals surface area contributed by atoms with Gasteiger partial charge in [-0.25, -0.2) is 12.2 Å². The molecule has 2 aliphatic carbocycles. The number of benzene rings is 4. The van der Waals surface area contributed by atoms with E-state index in [0.717, 1.165) is 12.8 Å². The molecule has 0 saturated heterocycles. The summed E-state index contributed by atoms with van der Waals surface area (Å²) < 4.78 is 1.42. The fraction of sp³-hybridized carbons (Fsp3) is 0.121. The Hall–Kier alpha value is -2.48. The molecule has 180 valence electrons. The van der Waals surface area contributed by atoms with Gasteiger partial charge in [0, 0.05) is 0 Å². The third-order valence-corrected chi connectivity index (χ3v) is 5.59. The molecule has 2 aliphatic rings. The van der Waals surface area contributed by atoms with E-state index in [2.05, 4.69) is 143 Å². The Morgan fingerprint density at radius 1 is 0.722 bits per heavy atom. The van der Waals surface area contributed by atoms with Crippen LogP contribution in [0.4, 0.5) is 0 Å². The van der Waals surface area contributed by atoms with Crippen LogP contribution < -0.4 is 24.8 Å². The summed E-state index contributed by atoms with van der Waals surface area (Å²) in [5.41, 5.74) is 10.4. The molecular formula is C33H28Cl2Ti-2. The Labute approximate surface area is 239 Å². The van der Waals surface area contributed by atoms with Gasteiger partial charge in [0.25, 0.3) is 0 Å². The number of hydrogen-bond donors (Lipinski definition) is 0. The van der Waals surface area contributed by atoms with Gasteiger partial charge in [0.15, 0.2) is 0 Å². The van der Waals surface area contributed by atoms with Gasteiger partial charge in [-0.05, 0) is 17.5 Å². The summed E-state index contributed by atoms with van der Waals surface area (Å²) in [6.07, 6.45) is 11.0. The number of hydrogen-bond acceptors (Lipinski definition) is 0. The van der Waals surface area contributed by atoms with Crippen LogP contribution in [0.2, 0.25) is 0 Å². The van der Waals surface area contributed by atoms with Crippen LogP contribution in [-0.4, -0.2) is 3.81 Å². The standard InChI is InChI=1S/C25H17.C5H5.C3H6.2ClH.Ti/c1-3-7-18(8-4-1)20-11-13-22-15-23-14-12-21(17-25(23)24(22)16-20)19-9-5-2-6-10-19;1-2-4-5-3-1;1-3-2;;;/h1-13,16-17H,15H2;1-3H,4H2;1-2H3;2*1H;/q2*-1;;;;+2/p-2. The Morgan fingerprint density at radius 3 is 1.83 bits per heavy atom. The van der Waals surface area contributed by atoms with Crippen molar-refractivity contribution in [2.75, 3.05) is 0 Å². The van der Waals surface area contributed by atoms with Crippen molar-refractivity contribution in [1.29, 1.82) is 0 Å². The maximum Gasteiger partial charge on any atom is -0.0184 e. The summed E-state index contributed by atoms with van der Waals surface area (Å²) in [5.74, 6) is 0. The van der Waals surface area contributed by atoms with Gasteiger partial charge in [0.05, 0.1) is 0 Å². The van der Waals surface area contributed by atoms with E-state index in [1.54, 1.807) is 0 Å². The SMILES string of the molecule is C[C](C)=[Ti+2].[C-]1=CC=CC1.[Cl-].[Cl-].[c-]1cc(-c2ccccc2)cc2c1Cc1ccc(-c3ccccc3)cc1-2. The third kappa shape index (κ3) is 8.02. The van der Waals surface area contributed by atoms with Crippen LogP contribution in [0.25, 0.3) is 33.4 Å². The minimum Gasteiger partial charge on any atom is -1.00 e. The second kappa shape index (κ2) is 14.9. The van der Waals surface area contributed by atoms with Crippen molar-refractivity contribution in [2.45, 2.75) is 26.7 Å². The first-order valence-electron chi connectivity index (χ1n) is 11.6. The predicted molar refractivity (Wildman–Crippen MR) is 142 cm³/mol. The molecule has 0 spiro atoms. The summed E-state index contributed by atoms with van der Waals surface area (Å²) in [4.78, 5) is 0. The molecule has 0 N–H and O–H groups in total. The van der Waals surface area contributed by atoms with E-state index in [1.807, 2.05) is 12.2 Å². The van der Waals surface area contributed by atoms with Gasteiger partial charge >= 0.3 is 37.6 Å². The Kier molecular flexibility index (Phi) is 12.3. The molecule has 6 rings (SSSR count). The van der Waals surface area contributed by atoms with E-state index in [-0.39, 0.29) is 24.8 Å². The molecule has 0 radical (unpaired) electrons. The van der Waals surface area contributed by atoms with Crippen molar-refractivity contribution in [3.63, 3.8) is 0 Å². The molecule has 0 bridgehead atoms. The fourth-order valence-electron chi connectivity index (χ4n) is 4.03. The van der Waals surface area contributed by atoms with Gasteiger partial charge in [0.2, 0.25) is 0 Å². The first-order chi connectivity index (χ1) is 16.6. The maximum atomic E-state index is 3.52. The minimum absolute atomic E-state index is 0. The van der Waals surface area contributed by atoms with E-state index in [4.69, 9.17) is 0 Å². The molecule has 36 heavy (non-hydrogen) atoms. The average Bonchev–Trinajstić information content (AvgIpc) is 3.56. The zero-order chi connectivity index (χ0) is 23.8. The molecule has 0 heterocycles. The summed E-state index contributed by atoms with van der Waals surface area (Å²) in [5, 5.41) is 0. The predicted octanol–water partition coefficient (Wildman–Crippen LogP) is 2.45. The van der Waals surface area contributed by atoms with Gasteiger partial charge < -0.3 is 24.8 Å². The van der Waals surface area contributed by atoms with E-state index in [1.165, 1.54) is 48.3 Å².